The number of amides is 2. The molecule has 0 bridgehead atoms. The molecule has 2 amide bonds. The van der Waals surface area contributed by atoms with E-state index in [-0.39, 0.29) is 5.56 Å². The number of nitrogens with zero attached hydrogens (tertiary/aromatic N) is 1. The Kier molecular flexibility index (Phi) is 4.21. The van der Waals surface area contributed by atoms with Gasteiger partial charge in [-0.1, -0.05) is 12.1 Å². The molecule has 0 fully saturated rings. The molecule has 1 aromatic heterocycles. The van der Waals surface area contributed by atoms with Crippen LogP contribution in [0.1, 0.15) is 20.7 Å². The van der Waals surface area contributed by atoms with Gasteiger partial charge in [-0.15, -0.1) is 0 Å². The third-order valence-electron chi connectivity index (χ3n) is 3.79. The Morgan fingerprint density at radius 2 is 1.76 bits per heavy atom. The summed E-state index contributed by atoms with van der Waals surface area (Å²) in [6, 6.07) is 12.0. The zero-order chi connectivity index (χ0) is 18.0. The van der Waals surface area contributed by atoms with Gasteiger partial charge in [0.1, 0.15) is 5.75 Å². The predicted molar refractivity (Wildman–Crippen MR) is 95.1 cm³/mol. The lowest BCUT2D eigenvalue weighted by molar-refractivity contribution is 0.0993. The first-order chi connectivity index (χ1) is 12.0. The molecule has 3 aromatic rings. The molecular weight excluding hydrogens is 320 g/mol. The van der Waals surface area contributed by atoms with Gasteiger partial charge in [0.2, 0.25) is 0 Å². The van der Waals surface area contributed by atoms with E-state index in [1.165, 1.54) is 6.20 Å². The molecular formula is C18H16N4O3. The number of carbonyl (C=O) groups is 2. The van der Waals surface area contributed by atoms with E-state index < -0.39 is 11.8 Å². The topological polar surface area (TPSA) is 120 Å². The normalized spacial score (nSPS) is 10.4. The summed E-state index contributed by atoms with van der Waals surface area (Å²) in [4.78, 5) is 27.7. The monoisotopic (exact) mass is 336 g/mol. The Labute approximate surface area is 143 Å². The summed E-state index contributed by atoms with van der Waals surface area (Å²) in [5.74, 6) is -0.580. The molecule has 0 saturated heterocycles. The van der Waals surface area contributed by atoms with Crippen molar-refractivity contribution in [3.8, 4) is 5.75 Å². The Bertz CT molecular complexity index is 985. The second-order valence-electron chi connectivity index (χ2n) is 5.33. The number of primary amides is 2. The molecule has 7 nitrogen and oxygen atoms in total. The fourth-order valence-electron chi connectivity index (χ4n) is 2.56. The molecule has 0 aliphatic heterocycles. The number of benzene rings is 2. The highest BCUT2D eigenvalue weighted by Crippen LogP contribution is 2.32. The number of nitrogens with one attached hydrogen (secondary N) is 1. The molecule has 25 heavy (non-hydrogen) atoms. The van der Waals surface area contributed by atoms with Crippen LogP contribution >= 0.6 is 0 Å². The SMILES string of the molecule is COc1ccc2c(Nc3ccccc3C(N)=O)c(C(N)=O)cnc2c1. The second-order valence-corrected chi connectivity index (χ2v) is 5.33. The number of nitrogens with two attached hydrogens (primary N) is 2. The van der Waals surface area contributed by atoms with Crippen LogP contribution in [-0.2, 0) is 0 Å². The maximum absolute atomic E-state index is 11.8. The standard InChI is InChI=1S/C18H16N4O3/c1-25-10-6-7-11-15(8-10)21-9-13(18(20)24)16(11)22-14-5-3-2-4-12(14)17(19)23/h2-9H,1H3,(H2,19,23)(H2,20,24)(H,21,22). The van der Waals surface area contributed by atoms with E-state index in [0.717, 1.165) is 0 Å². The number of hydrogen-bond donors (Lipinski definition) is 3. The molecule has 2 aromatic carbocycles. The quantitative estimate of drug-likeness (QED) is 0.659. The van der Waals surface area contributed by atoms with Crippen LogP contribution in [0.2, 0.25) is 0 Å². The van der Waals surface area contributed by atoms with Crippen molar-refractivity contribution in [2.75, 3.05) is 12.4 Å². The van der Waals surface area contributed by atoms with Crippen LogP contribution in [0.3, 0.4) is 0 Å². The van der Waals surface area contributed by atoms with Crippen molar-refractivity contribution in [1.29, 1.82) is 0 Å². The highest BCUT2D eigenvalue weighted by Gasteiger charge is 2.16. The van der Waals surface area contributed by atoms with Crippen molar-refractivity contribution >= 4 is 34.1 Å². The number of methoxy groups -OCH3 is 1. The van der Waals surface area contributed by atoms with E-state index in [1.54, 1.807) is 49.6 Å². The Balaban J connectivity index is 2.21. The number of rotatable bonds is 5. The van der Waals surface area contributed by atoms with E-state index in [2.05, 4.69) is 10.3 Å². The maximum Gasteiger partial charge on any atom is 0.252 e. The van der Waals surface area contributed by atoms with Gasteiger partial charge in [-0.25, -0.2) is 0 Å². The van der Waals surface area contributed by atoms with Gasteiger partial charge in [-0.2, -0.15) is 0 Å². The van der Waals surface area contributed by atoms with Crippen molar-refractivity contribution < 1.29 is 14.3 Å². The number of aromatic nitrogens is 1. The summed E-state index contributed by atoms with van der Waals surface area (Å²) in [5, 5.41) is 3.77. The first-order valence-electron chi connectivity index (χ1n) is 7.43. The predicted octanol–water partition coefficient (Wildman–Crippen LogP) is 2.18. The number of hydrogen-bond acceptors (Lipinski definition) is 5. The lowest BCUT2D eigenvalue weighted by Gasteiger charge is -2.15. The van der Waals surface area contributed by atoms with Crippen LogP contribution < -0.4 is 21.5 Å². The minimum Gasteiger partial charge on any atom is -0.497 e. The van der Waals surface area contributed by atoms with Crippen molar-refractivity contribution in [2.24, 2.45) is 11.5 Å². The molecule has 0 unspecified atom stereocenters. The van der Waals surface area contributed by atoms with Crippen LogP contribution in [0, 0.1) is 0 Å². The van der Waals surface area contributed by atoms with Gasteiger partial charge in [-0.3, -0.25) is 14.6 Å². The molecule has 0 atom stereocenters. The summed E-state index contributed by atoms with van der Waals surface area (Å²) in [6.45, 7) is 0. The van der Waals surface area contributed by atoms with E-state index in [1.807, 2.05) is 0 Å². The number of carbonyl (C=O) groups excluding carboxylic acids is 2. The fraction of sp³-hybridized carbons (Fsp3) is 0.0556. The van der Waals surface area contributed by atoms with Gasteiger partial charge in [0, 0.05) is 17.6 Å². The highest BCUT2D eigenvalue weighted by atomic mass is 16.5. The zero-order valence-electron chi connectivity index (χ0n) is 13.4. The van der Waals surface area contributed by atoms with E-state index in [0.29, 0.717) is 33.6 Å². The summed E-state index contributed by atoms with van der Waals surface area (Å²) < 4.78 is 5.20. The third-order valence-corrected chi connectivity index (χ3v) is 3.79. The average molecular weight is 336 g/mol. The van der Waals surface area contributed by atoms with Gasteiger partial charge in [0.15, 0.2) is 0 Å². The van der Waals surface area contributed by atoms with Crippen LogP contribution in [0.5, 0.6) is 5.75 Å². The van der Waals surface area contributed by atoms with Gasteiger partial charge in [0.25, 0.3) is 11.8 Å². The smallest absolute Gasteiger partial charge is 0.252 e. The van der Waals surface area contributed by atoms with Crippen LogP contribution in [0.15, 0.2) is 48.7 Å². The van der Waals surface area contributed by atoms with Crippen molar-refractivity contribution in [1.82, 2.24) is 4.98 Å². The number of para-hydroxylation sites is 1. The zero-order valence-corrected chi connectivity index (χ0v) is 13.4. The molecule has 0 spiro atoms. The molecule has 0 aliphatic rings. The Morgan fingerprint density at radius 3 is 2.44 bits per heavy atom. The molecule has 7 heteroatoms. The molecule has 5 N–H and O–H groups in total. The fourth-order valence-corrected chi connectivity index (χ4v) is 2.56. The molecule has 0 saturated carbocycles. The third kappa shape index (κ3) is 3.07. The lowest BCUT2D eigenvalue weighted by atomic mass is 10.1. The number of anilines is 2. The Morgan fingerprint density at radius 1 is 1.04 bits per heavy atom. The molecule has 3 rings (SSSR count). The van der Waals surface area contributed by atoms with Crippen LogP contribution in [0.25, 0.3) is 10.9 Å². The van der Waals surface area contributed by atoms with Gasteiger partial charge in [0.05, 0.1) is 35.1 Å². The van der Waals surface area contributed by atoms with Crippen molar-refractivity contribution in [3.63, 3.8) is 0 Å². The van der Waals surface area contributed by atoms with Crippen molar-refractivity contribution in [3.05, 3.63) is 59.8 Å². The first kappa shape index (κ1) is 16.3. The van der Waals surface area contributed by atoms with Crippen LogP contribution in [-0.4, -0.2) is 23.9 Å². The van der Waals surface area contributed by atoms with E-state index >= 15 is 0 Å². The molecule has 126 valence electrons. The maximum atomic E-state index is 11.8. The van der Waals surface area contributed by atoms with Crippen molar-refractivity contribution in [2.45, 2.75) is 0 Å². The van der Waals surface area contributed by atoms with E-state index in [4.69, 9.17) is 16.2 Å². The van der Waals surface area contributed by atoms with Crippen LogP contribution in [0.4, 0.5) is 11.4 Å². The van der Waals surface area contributed by atoms with Gasteiger partial charge >= 0.3 is 0 Å². The summed E-state index contributed by atoms with van der Waals surface area (Å²) in [6.07, 6.45) is 1.39. The summed E-state index contributed by atoms with van der Waals surface area (Å²) in [7, 11) is 1.56. The lowest BCUT2D eigenvalue weighted by Crippen LogP contribution is -2.16. The first-order valence-corrected chi connectivity index (χ1v) is 7.43. The minimum absolute atomic E-state index is 0.206. The summed E-state index contributed by atoms with van der Waals surface area (Å²) >= 11 is 0. The highest BCUT2D eigenvalue weighted by molar-refractivity contribution is 6.09. The van der Waals surface area contributed by atoms with E-state index in [9.17, 15) is 9.59 Å². The molecule has 1 heterocycles. The number of pyridine rings is 1. The Hall–Kier alpha value is -3.61. The van der Waals surface area contributed by atoms with Gasteiger partial charge in [-0.05, 0) is 24.3 Å². The average Bonchev–Trinajstić information content (AvgIpc) is 2.61. The second kappa shape index (κ2) is 6.48. The molecule has 0 radical (unpaired) electrons. The molecule has 0 aliphatic carbocycles. The minimum atomic E-state index is -0.635. The number of fused-ring (bicyclic) bond motifs is 1. The summed E-state index contributed by atoms with van der Waals surface area (Å²) in [5.41, 5.74) is 12.9. The van der Waals surface area contributed by atoms with Gasteiger partial charge < -0.3 is 21.5 Å². The number of ether oxygens (including phenoxy) is 1. The largest absolute Gasteiger partial charge is 0.497 e.